The van der Waals surface area contributed by atoms with Crippen molar-refractivity contribution >= 4 is 29.4 Å². The first-order chi connectivity index (χ1) is 9.97. The van der Waals surface area contributed by atoms with Gasteiger partial charge in [-0.15, -0.1) is 0 Å². The highest BCUT2D eigenvalue weighted by Gasteiger charge is 2.19. The topological polar surface area (TPSA) is 87.7 Å². The van der Waals surface area contributed by atoms with Crippen LogP contribution in [0.5, 0.6) is 5.75 Å². The molecule has 1 atom stereocenters. The van der Waals surface area contributed by atoms with Crippen LogP contribution < -0.4 is 15.4 Å². The van der Waals surface area contributed by atoms with Crippen molar-refractivity contribution in [2.75, 3.05) is 24.4 Å². The number of anilines is 1. The first-order valence-corrected chi connectivity index (χ1v) is 7.81. The maximum Gasteiger partial charge on any atom is 0.326 e. The van der Waals surface area contributed by atoms with Crippen LogP contribution in [0.1, 0.15) is 12.0 Å². The number of amides is 2. The second-order valence-corrected chi connectivity index (χ2v) is 5.46. The molecule has 0 aliphatic heterocycles. The average molecular weight is 312 g/mol. The van der Waals surface area contributed by atoms with Crippen LogP contribution in [-0.4, -0.2) is 42.3 Å². The summed E-state index contributed by atoms with van der Waals surface area (Å²) in [7, 11) is 1.51. The summed E-state index contributed by atoms with van der Waals surface area (Å²) < 4.78 is 5.16. The predicted molar refractivity (Wildman–Crippen MR) is 84.3 cm³/mol. The molecule has 21 heavy (non-hydrogen) atoms. The molecule has 0 saturated carbocycles. The van der Waals surface area contributed by atoms with Gasteiger partial charge >= 0.3 is 12.0 Å². The Morgan fingerprint density at radius 3 is 2.71 bits per heavy atom. The number of benzene rings is 1. The molecule has 1 aromatic rings. The van der Waals surface area contributed by atoms with E-state index in [0.29, 0.717) is 23.6 Å². The quantitative estimate of drug-likeness (QED) is 0.719. The number of ether oxygens (including phenoxy) is 1. The summed E-state index contributed by atoms with van der Waals surface area (Å²) in [6.07, 6.45) is 2.26. The Balaban J connectivity index is 2.71. The molecule has 6 nitrogen and oxygen atoms in total. The molecule has 0 radical (unpaired) electrons. The molecule has 0 aromatic heterocycles. The third kappa shape index (κ3) is 5.55. The number of urea groups is 1. The van der Waals surface area contributed by atoms with E-state index in [1.165, 1.54) is 18.9 Å². The standard InChI is InChI=1S/C14H20N2O4S/c1-9-4-5-12(20-2)11(8-9)16-14(19)15-10(13(17)18)6-7-21-3/h4-5,8,10H,6-7H2,1-3H3,(H,17,18)(H2,15,16,19)/t10-/m1/s1. The number of rotatable bonds is 7. The summed E-state index contributed by atoms with van der Waals surface area (Å²) in [5.41, 5.74) is 1.47. The van der Waals surface area contributed by atoms with Gasteiger partial charge in [-0.2, -0.15) is 11.8 Å². The summed E-state index contributed by atoms with van der Waals surface area (Å²) in [6, 6.07) is 3.89. The number of hydrogen-bond donors (Lipinski definition) is 3. The fourth-order valence-electron chi connectivity index (χ4n) is 1.73. The molecule has 0 unspecified atom stereocenters. The normalized spacial score (nSPS) is 11.6. The van der Waals surface area contributed by atoms with E-state index in [1.807, 2.05) is 19.2 Å². The molecule has 0 heterocycles. The van der Waals surface area contributed by atoms with Gasteiger partial charge in [-0.25, -0.2) is 9.59 Å². The number of thioether (sulfide) groups is 1. The number of carboxylic acid groups (broad SMARTS) is 1. The van der Waals surface area contributed by atoms with Gasteiger partial charge in [0.25, 0.3) is 0 Å². The minimum atomic E-state index is -1.05. The first-order valence-electron chi connectivity index (χ1n) is 6.41. The van der Waals surface area contributed by atoms with Crippen molar-refractivity contribution in [2.45, 2.75) is 19.4 Å². The number of hydrogen-bond acceptors (Lipinski definition) is 4. The van der Waals surface area contributed by atoms with Gasteiger partial charge in [-0.1, -0.05) is 6.07 Å². The lowest BCUT2D eigenvalue weighted by atomic mass is 10.2. The number of carboxylic acids is 1. The van der Waals surface area contributed by atoms with E-state index in [0.717, 1.165) is 5.56 Å². The fourth-order valence-corrected chi connectivity index (χ4v) is 2.20. The molecule has 0 saturated heterocycles. The van der Waals surface area contributed by atoms with E-state index in [-0.39, 0.29) is 0 Å². The van der Waals surface area contributed by atoms with Gasteiger partial charge in [0.05, 0.1) is 12.8 Å². The highest BCUT2D eigenvalue weighted by atomic mass is 32.2. The zero-order chi connectivity index (χ0) is 15.8. The second kappa shape index (κ2) is 8.41. The molecule has 116 valence electrons. The van der Waals surface area contributed by atoms with Crippen molar-refractivity contribution in [3.8, 4) is 5.75 Å². The van der Waals surface area contributed by atoms with Crippen molar-refractivity contribution in [1.82, 2.24) is 5.32 Å². The lowest BCUT2D eigenvalue weighted by Gasteiger charge is -2.16. The Bertz CT molecular complexity index is 508. The lowest BCUT2D eigenvalue weighted by Crippen LogP contribution is -2.43. The van der Waals surface area contributed by atoms with Gasteiger partial charge in [0, 0.05) is 0 Å². The molecular formula is C14H20N2O4S. The maximum absolute atomic E-state index is 11.9. The van der Waals surface area contributed by atoms with Crippen LogP contribution in [-0.2, 0) is 4.79 Å². The highest BCUT2D eigenvalue weighted by molar-refractivity contribution is 7.98. The van der Waals surface area contributed by atoms with Crippen molar-refractivity contribution < 1.29 is 19.4 Å². The molecule has 1 rings (SSSR count). The number of carbonyl (C=O) groups excluding carboxylic acids is 1. The fraction of sp³-hybridized carbons (Fsp3) is 0.429. The van der Waals surface area contributed by atoms with Crippen molar-refractivity contribution in [2.24, 2.45) is 0 Å². The largest absolute Gasteiger partial charge is 0.495 e. The second-order valence-electron chi connectivity index (χ2n) is 4.47. The van der Waals surface area contributed by atoms with Crippen LogP contribution in [0, 0.1) is 6.92 Å². The van der Waals surface area contributed by atoms with E-state index < -0.39 is 18.0 Å². The number of methoxy groups -OCH3 is 1. The number of aliphatic carboxylic acids is 1. The highest BCUT2D eigenvalue weighted by Crippen LogP contribution is 2.25. The zero-order valence-corrected chi connectivity index (χ0v) is 13.1. The predicted octanol–water partition coefficient (Wildman–Crippen LogP) is 2.33. The molecule has 7 heteroatoms. The van der Waals surface area contributed by atoms with Gasteiger partial charge in [-0.3, -0.25) is 0 Å². The van der Waals surface area contributed by atoms with Crippen LogP contribution in [0.4, 0.5) is 10.5 Å². The van der Waals surface area contributed by atoms with Crippen LogP contribution in [0.15, 0.2) is 18.2 Å². The van der Waals surface area contributed by atoms with Gasteiger partial charge in [-0.05, 0) is 43.0 Å². The molecule has 1 aromatic carbocycles. The third-order valence-corrected chi connectivity index (χ3v) is 3.46. The first kappa shape index (κ1) is 17.2. The number of carbonyl (C=O) groups is 2. The van der Waals surface area contributed by atoms with Crippen molar-refractivity contribution in [3.63, 3.8) is 0 Å². The summed E-state index contributed by atoms with van der Waals surface area (Å²) in [6.45, 7) is 1.89. The molecule has 0 aliphatic rings. The number of nitrogens with one attached hydrogen (secondary N) is 2. The molecule has 2 amide bonds. The SMILES string of the molecule is COc1ccc(C)cc1NC(=O)N[C@H](CCSC)C(=O)O. The van der Waals surface area contributed by atoms with Crippen molar-refractivity contribution in [1.29, 1.82) is 0 Å². The summed E-state index contributed by atoms with van der Waals surface area (Å²) in [5.74, 6) is 0.132. The van der Waals surface area contributed by atoms with E-state index in [1.54, 1.807) is 12.1 Å². The Hall–Kier alpha value is -1.89. The van der Waals surface area contributed by atoms with E-state index in [4.69, 9.17) is 9.84 Å². The lowest BCUT2D eigenvalue weighted by molar-refractivity contribution is -0.139. The molecule has 0 spiro atoms. The van der Waals surface area contributed by atoms with Gasteiger partial charge in [0.2, 0.25) is 0 Å². The zero-order valence-electron chi connectivity index (χ0n) is 12.3. The van der Waals surface area contributed by atoms with Gasteiger partial charge in [0.1, 0.15) is 11.8 Å². The van der Waals surface area contributed by atoms with E-state index in [9.17, 15) is 9.59 Å². The summed E-state index contributed by atoms with van der Waals surface area (Å²) >= 11 is 1.53. The third-order valence-electron chi connectivity index (χ3n) is 2.82. The minimum Gasteiger partial charge on any atom is -0.495 e. The van der Waals surface area contributed by atoms with Crippen LogP contribution >= 0.6 is 11.8 Å². The maximum atomic E-state index is 11.9. The molecule has 0 aliphatic carbocycles. The Labute approximate surface area is 128 Å². The Morgan fingerprint density at radius 1 is 1.43 bits per heavy atom. The van der Waals surface area contributed by atoms with E-state index >= 15 is 0 Å². The average Bonchev–Trinajstić information content (AvgIpc) is 2.43. The van der Waals surface area contributed by atoms with Crippen LogP contribution in [0.2, 0.25) is 0 Å². The molecular weight excluding hydrogens is 292 g/mol. The van der Waals surface area contributed by atoms with Crippen LogP contribution in [0.3, 0.4) is 0 Å². The number of aryl methyl sites for hydroxylation is 1. The summed E-state index contributed by atoms with van der Waals surface area (Å²) in [4.78, 5) is 23.0. The molecule has 0 bridgehead atoms. The van der Waals surface area contributed by atoms with Gasteiger partial charge in [0.15, 0.2) is 0 Å². The smallest absolute Gasteiger partial charge is 0.326 e. The van der Waals surface area contributed by atoms with Gasteiger partial charge < -0.3 is 20.5 Å². The van der Waals surface area contributed by atoms with E-state index in [2.05, 4.69) is 10.6 Å². The molecule has 3 N–H and O–H groups in total. The summed E-state index contributed by atoms with van der Waals surface area (Å²) in [5, 5.41) is 14.2. The van der Waals surface area contributed by atoms with Crippen molar-refractivity contribution in [3.05, 3.63) is 23.8 Å². The monoisotopic (exact) mass is 312 g/mol. The molecule has 0 fully saturated rings. The minimum absolute atomic E-state index is 0.370. The Morgan fingerprint density at radius 2 is 2.14 bits per heavy atom. The van der Waals surface area contributed by atoms with Crippen LogP contribution in [0.25, 0.3) is 0 Å². The Kier molecular flexibility index (Phi) is 6.87.